The molecule has 1 aromatic rings. The minimum Gasteiger partial charge on any atom is -0.340 e. The molecule has 2 amide bonds. The molecule has 1 unspecified atom stereocenters. The Morgan fingerprint density at radius 2 is 2.05 bits per heavy atom. The molecule has 3 rings (SSSR count). The normalized spacial score (nSPS) is 26.6. The molecule has 106 valence electrons. The molecule has 5 heteroatoms. The molecule has 1 saturated carbocycles. The van der Waals surface area contributed by atoms with Crippen molar-refractivity contribution in [1.82, 2.24) is 5.32 Å². The molecule has 0 bridgehead atoms. The molecule has 1 atom stereocenters. The fraction of sp³-hybridized carbons (Fsp3) is 0.467. The number of rotatable bonds is 2. The minimum atomic E-state index is -0.791. The molecule has 1 aliphatic heterocycles. The highest BCUT2D eigenvalue weighted by atomic mass is 35.5. The molecule has 1 aromatic carbocycles. The van der Waals surface area contributed by atoms with Gasteiger partial charge in [0.25, 0.3) is 5.91 Å². The van der Waals surface area contributed by atoms with Crippen LogP contribution < -0.4 is 10.2 Å². The Morgan fingerprint density at radius 1 is 1.35 bits per heavy atom. The number of aryl methyl sites for hydroxylation is 1. The largest absolute Gasteiger partial charge is 0.340 e. The average molecular weight is 293 g/mol. The molecular formula is C15H17ClN2O2. The zero-order valence-corrected chi connectivity index (χ0v) is 12.3. The summed E-state index contributed by atoms with van der Waals surface area (Å²) < 4.78 is 0. The van der Waals surface area contributed by atoms with Crippen molar-refractivity contribution < 1.29 is 9.59 Å². The second-order valence-corrected chi connectivity index (χ2v) is 6.23. The molecule has 1 aliphatic carbocycles. The van der Waals surface area contributed by atoms with E-state index in [2.05, 4.69) is 5.32 Å². The van der Waals surface area contributed by atoms with Gasteiger partial charge in [0.15, 0.2) is 0 Å². The van der Waals surface area contributed by atoms with Gasteiger partial charge in [0, 0.05) is 0 Å². The van der Waals surface area contributed by atoms with Gasteiger partial charge >= 0.3 is 0 Å². The first kappa shape index (κ1) is 13.4. The van der Waals surface area contributed by atoms with Gasteiger partial charge in [-0.1, -0.05) is 23.7 Å². The van der Waals surface area contributed by atoms with Crippen LogP contribution in [0.1, 0.15) is 25.3 Å². The van der Waals surface area contributed by atoms with Crippen LogP contribution in [0.4, 0.5) is 5.69 Å². The van der Waals surface area contributed by atoms with Crippen molar-refractivity contribution in [2.45, 2.75) is 32.2 Å². The first-order chi connectivity index (χ1) is 9.43. The summed E-state index contributed by atoms with van der Waals surface area (Å²) in [7, 11) is 0. The van der Waals surface area contributed by atoms with Gasteiger partial charge in [-0.25, -0.2) is 0 Å². The monoisotopic (exact) mass is 292 g/mol. The Morgan fingerprint density at radius 3 is 2.65 bits per heavy atom. The molecular weight excluding hydrogens is 276 g/mol. The lowest BCUT2D eigenvalue weighted by molar-refractivity contribution is -0.136. The van der Waals surface area contributed by atoms with E-state index in [0.717, 1.165) is 18.4 Å². The molecule has 1 saturated heterocycles. The molecule has 0 spiro atoms. The van der Waals surface area contributed by atoms with E-state index in [1.807, 2.05) is 26.0 Å². The van der Waals surface area contributed by atoms with Crippen LogP contribution >= 0.6 is 11.6 Å². The maximum Gasteiger partial charge on any atom is 0.253 e. The maximum absolute atomic E-state index is 12.8. The highest BCUT2D eigenvalue weighted by molar-refractivity contribution is 6.34. The number of piperazine rings is 1. The Hall–Kier alpha value is -1.55. The predicted molar refractivity (Wildman–Crippen MR) is 77.8 cm³/mol. The Bertz CT molecular complexity index is 577. The van der Waals surface area contributed by atoms with Crippen molar-refractivity contribution in [3.63, 3.8) is 0 Å². The van der Waals surface area contributed by atoms with E-state index in [1.54, 1.807) is 6.07 Å². The van der Waals surface area contributed by atoms with Crippen molar-refractivity contribution >= 4 is 29.1 Å². The van der Waals surface area contributed by atoms with E-state index in [4.69, 9.17) is 11.6 Å². The summed E-state index contributed by atoms with van der Waals surface area (Å²) in [5.41, 5.74) is 0.764. The summed E-state index contributed by atoms with van der Waals surface area (Å²) in [6, 6.07) is 5.49. The number of carbonyl (C=O) groups is 2. The molecule has 2 aliphatic rings. The van der Waals surface area contributed by atoms with Gasteiger partial charge in [-0.2, -0.15) is 0 Å². The van der Waals surface area contributed by atoms with Gasteiger partial charge in [0.1, 0.15) is 12.1 Å². The number of para-hydroxylation sites is 1. The van der Waals surface area contributed by atoms with Crippen LogP contribution in [-0.4, -0.2) is 23.9 Å². The number of amides is 2. The molecule has 0 radical (unpaired) electrons. The van der Waals surface area contributed by atoms with Gasteiger partial charge in [0.05, 0.1) is 10.7 Å². The Kier molecular flexibility index (Phi) is 3.01. The predicted octanol–water partition coefficient (Wildman–Crippen LogP) is 2.28. The molecule has 1 N–H and O–H groups in total. The fourth-order valence-corrected chi connectivity index (χ4v) is 3.29. The van der Waals surface area contributed by atoms with Gasteiger partial charge in [-0.15, -0.1) is 0 Å². The fourth-order valence-electron chi connectivity index (χ4n) is 2.96. The number of halogens is 1. The highest BCUT2D eigenvalue weighted by Gasteiger charge is 2.53. The van der Waals surface area contributed by atoms with Crippen LogP contribution in [0.2, 0.25) is 5.02 Å². The third kappa shape index (κ3) is 1.99. The molecule has 1 heterocycles. The first-order valence-electron chi connectivity index (χ1n) is 6.81. The Balaban J connectivity index is 2.04. The highest BCUT2D eigenvalue weighted by Crippen LogP contribution is 2.43. The van der Waals surface area contributed by atoms with E-state index in [-0.39, 0.29) is 24.3 Å². The van der Waals surface area contributed by atoms with Crippen molar-refractivity contribution in [2.75, 3.05) is 11.4 Å². The molecule has 0 aromatic heterocycles. The van der Waals surface area contributed by atoms with Crippen LogP contribution in [0.25, 0.3) is 0 Å². The molecule has 20 heavy (non-hydrogen) atoms. The number of carbonyl (C=O) groups excluding carboxylic acids is 2. The summed E-state index contributed by atoms with van der Waals surface area (Å²) in [5, 5.41) is 3.38. The van der Waals surface area contributed by atoms with Gasteiger partial charge in [0.2, 0.25) is 5.91 Å². The third-order valence-electron chi connectivity index (χ3n) is 4.24. The van der Waals surface area contributed by atoms with E-state index >= 15 is 0 Å². The van der Waals surface area contributed by atoms with Crippen LogP contribution in [0.3, 0.4) is 0 Å². The molecule has 4 nitrogen and oxygen atoms in total. The van der Waals surface area contributed by atoms with Crippen LogP contribution in [-0.2, 0) is 9.59 Å². The van der Waals surface area contributed by atoms with Crippen LogP contribution in [0.15, 0.2) is 18.2 Å². The van der Waals surface area contributed by atoms with E-state index in [0.29, 0.717) is 10.7 Å². The minimum absolute atomic E-state index is 0.0334. The summed E-state index contributed by atoms with van der Waals surface area (Å²) in [6.07, 6.45) is 1.97. The SMILES string of the molecule is Cc1cccc(Cl)c1N1CC(=O)NC(C)(C2CC2)C1=O. The lowest BCUT2D eigenvalue weighted by Gasteiger charge is -2.40. The van der Waals surface area contributed by atoms with Crippen LogP contribution in [0.5, 0.6) is 0 Å². The van der Waals surface area contributed by atoms with Gasteiger partial charge in [-0.05, 0) is 44.2 Å². The zero-order chi connectivity index (χ0) is 14.5. The average Bonchev–Trinajstić information content (AvgIpc) is 3.19. The van der Waals surface area contributed by atoms with Crippen molar-refractivity contribution in [2.24, 2.45) is 5.92 Å². The van der Waals surface area contributed by atoms with Crippen molar-refractivity contribution in [3.8, 4) is 0 Å². The van der Waals surface area contributed by atoms with Crippen LogP contribution in [0, 0.1) is 12.8 Å². The lowest BCUT2D eigenvalue weighted by atomic mass is 9.91. The zero-order valence-electron chi connectivity index (χ0n) is 11.6. The summed E-state index contributed by atoms with van der Waals surface area (Å²) in [5.74, 6) is 0.0543. The van der Waals surface area contributed by atoms with E-state index < -0.39 is 5.54 Å². The number of hydrogen-bond donors (Lipinski definition) is 1. The molecule has 2 fully saturated rings. The smallest absolute Gasteiger partial charge is 0.253 e. The number of hydrogen-bond acceptors (Lipinski definition) is 2. The lowest BCUT2D eigenvalue weighted by Crippen LogP contribution is -2.66. The van der Waals surface area contributed by atoms with E-state index in [9.17, 15) is 9.59 Å². The van der Waals surface area contributed by atoms with Crippen molar-refractivity contribution in [1.29, 1.82) is 0 Å². The number of nitrogens with zero attached hydrogens (tertiary/aromatic N) is 1. The second kappa shape index (κ2) is 4.48. The van der Waals surface area contributed by atoms with Gasteiger partial charge < -0.3 is 5.32 Å². The standard InChI is InChI=1S/C15H17ClN2O2/c1-9-4-3-5-11(16)13(9)18-8-12(19)17-15(2,14(18)20)10-6-7-10/h3-5,10H,6-8H2,1-2H3,(H,17,19). The van der Waals surface area contributed by atoms with Crippen molar-refractivity contribution in [3.05, 3.63) is 28.8 Å². The van der Waals surface area contributed by atoms with Gasteiger partial charge in [-0.3, -0.25) is 14.5 Å². The summed E-state index contributed by atoms with van der Waals surface area (Å²) in [4.78, 5) is 26.4. The number of nitrogens with one attached hydrogen (secondary N) is 1. The summed E-state index contributed by atoms with van der Waals surface area (Å²) >= 11 is 6.24. The second-order valence-electron chi connectivity index (χ2n) is 5.82. The Labute approximate surface area is 123 Å². The maximum atomic E-state index is 12.8. The van der Waals surface area contributed by atoms with E-state index in [1.165, 1.54) is 4.90 Å². The first-order valence-corrected chi connectivity index (χ1v) is 7.19. The number of benzene rings is 1. The quantitative estimate of drug-likeness (QED) is 0.909. The topological polar surface area (TPSA) is 49.4 Å². The third-order valence-corrected chi connectivity index (χ3v) is 4.55. The number of anilines is 1. The summed E-state index contributed by atoms with van der Waals surface area (Å²) in [6.45, 7) is 3.75.